The first kappa shape index (κ1) is 12.6. The predicted molar refractivity (Wildman–Crippen MR) is 82.7 cm³/mol. The van der Waals surface area contributed by atoms with Gasteiger partial charge in [-0.1, -0.05) is 27.5 Å². The highest BCUT2D eigenvalue weighted by molar-refractivity contribution is 9.10. The SMILES string of the molecule is Clc1cc(C2=Nc3ccc(Br)cc3NCC2)ccn1. The minimum Gasteiger partial charge on any atom is -0.383 e. The molecule has 0 unspecified atom stereocenters. The van der Waals surface area contributed by atoms with Crippen LogP contribution in [0.3, 0.4) is 0 Å². The van der Waals surface area contributed by atoms with E-state index in [1.165, 1.54) is 0 Å². The predicted octanol–water partition coefficient (Wildman–Crippen LogP) is 4.43. The zero-order chi connectivity index (χ0) is 13.2. The molecule has 1 aliphatic rings. The van der Waals surface area contributed by atoms with Crippen molar-refractivity contribution in [3.63, 3.8) is 0 Å². The van der Waals surface area contributed by atoms with Gasteiger partial charge >= 0.3 is 0 Å². The number of halogens is 2. The van der Waals surface area contributed by atoms with Crippen molar-refractivity contribution in [2.24, 2.45) is 4.99 Å². The fourth-order valence-electron chi connectivity index (χ4n) is 2.06. The summed E-state index contributed by atoms with van der Waals surface area (Å²) in [6.45, 7) is 0.849. The molecule has 1 N–H and O–H groups in total. The molecule has 2 aromatic rings. The molecule has 3 rings (SSSR count). The third-order valence-electron chi connectivity index (χ3n) is 2.95. The van der Waals surface area contributed by atoms with Crippen molar-refractivity contribution >= 4 is 44.6 Å². The summed E-state index contributed by atoms with van der Waals surface area (Å²) in [4.78, 5) is 8.74. The molecule has 96 valence electrons. The highest BCUT2D eigenvalue weighted by Gasteiger charge is 2.12. The van der Waals surface area contributed by atoms with Crippen LogP contribution in [0.2, 0.25) is 5.15 Å². The first-order chi connectivity index (χ1) is 9.22. The van der Waals surface area contributed by atoms with E-state index in [4.69, 9.17) is 16.6 Å². The highest BCUT2D eigenvalue weighted by atomic mass is 79.9. The average molecular weight is 337 g/mol. The van der Waals surface area contributed by atoms with Crippen molar-refractivity contribution in [2.45, 2.75) is 6.42 Å². The molecular weight excluding hydrogens is 326 g/mol. The number of hydrogen-bond acceptors (Lipinski definition) is 3. The summed E-state index contributed by atoms with van der Waals surface area (Å²) in [5.74, 6) is 0. The maximum atomic E-state index is 5.94. The van der Waals surface area contributed by atoms with Crippen LogP contribution < -0.4 is 5.32 Å². The lowest BCUT2D eigenvalue weighted by atomic mass is 10.1. The van der Waals surface area contributed by atoms with E-state index in [2.05, 4.69) is 26.2 Å². The van der Waals surface area contributed by atoms with Gasteiger partial charge < -0.3 is 5.32 Å². The van der Waals surface area contributed by atoms with Gasteiger partial charge in [-0.05, 0) is 30.3 Å². The largest absolute Gasteiger partial charge is 0.383 e. The van der Waals surface area contributed by atoms with E-state index >= 15 is 0 Å². The standard InChI is InChI=1S/C14H11BrClN3/c15-10-1-2-12-13(8-10)17-6-4-11(19-12)9-3-5-18-14(16)7-9/h1-3,5,7-8,17H,4,6H2. The summed E-state index contributed by atoms with van der Waals surface area (Å²) < 4.78 is 1.05. The van der Waals surface area contributed by atoms with Crippen LogP contribution in [0, 0.1) is 0 Å². The molecule has 0 bridgehead atoms. The van der Waals surface area contributed by atoms with Gasteiger partial charge in [0.1, 0.15) is 5.15 Å². The smallest absolute Gasteiger partial charge is 0.129 e. The van der Waals surface area contributed by atoms with Gasteiger partial charge in [-0.2, -0.15) is 0 Å². The van der Waals surface area contributed by atoms with Crippen molar-refractivity contribution in [3.05, 3.63) is 51.7 Å². The minimum absolute atomic E-state index is 0.494. The molecule has 1 aromatic heterocycles. The number of anilines is 1. The quantitative estimate of drug-likeness (QED) is 0.782. The number of aliphatic imine (C=N–C) groups is 1. The first-order valence-electron chi connectivity index (χ1n) is 5.95. The molecule has 0 atom stereocenters. The van der Waals surface area contributed by atoms with Gasteiger partial charge in [0.05, 0.1) is 17.1 Å². The lowest BCUT2D eigenvalue weighted by Gasteiger charge is -2.04. The fourth-order valence-corrected chi connectivity index (χ4v) is 2.59. The van der Waals surface area contributed by atoms with Crippen molar-refractivity contribution in [3.8, 4) is 0 Å². The van der Waals surface area contributed by atoms with Crippen LogP contribution >= 0.6 is 27.5 Å². The van der Waals surface area contributed by atoms with Crippen LogP contribution in [0.25, 0.3) is 0 Å². The van der Waals surface area contributed by atoms with Crippen LogP contribution in [-0.4, -0.2) is 17.2 Å². The molecule has 0 radical (unpaired) electrons. The first-order valence-corrected chi connectivity index (χ1v) is 7.12. The number of pyridine rings is 1. The number of rotatable bonds is 1. The van der Waals surface area contributed by atoms with Crippen molar-refractivity contribution < 1.29 is 0 Å². The number of aromatic nitrogens is 1. The topological polar surface area (TPSA) is 37.3 Å². The van der Waals surface area contributed by atoms with Crippen LogP contribution in [0.15, 0.2) is 46.0 Å². The van der Waals surface area contributed by atoms with Crippen LogP contribution in [0.1, 0.15) is 12.0 Å². The van der Waals surface area contributed by atoms with E-state index in [0.717, 1.165) is 40.1 Å². The van der Waals surface area contributed by atoms with Gasteiger partial charge in [0.15, 0.2) is 0 Å². The van der Waals surface area contributed by atoms with E-state index in [1.54, 1.807) is 6.20 Å². The molecule has 0 fully saturated rings. The molecule has 0 spiro atoms. The van der Waals surface area contributed by atoms with Gasteiger partial charge in [0, 0.05) is 29.2 Å². The summed E-state index contributed by atoms with van der Waals surface area (Å²) in [5, 5.41) is 3.88. The second-order valence-electron chi connectivity index (χ2n) is 4.26. The number of nitrogens with one attached hydrogen (secondary N) is 1. The third-order valence-corrected chi connectivity index (χ3v) is 3.65. The van der Waals surface area contributed by atoms with E-state index in [9.17, 15) is 0 Å². The molecule has 0 aliphatic carbocycles. The van der Waals surface area contributed by atoms with Crippen molar-refractivity contribution in [1.82, 2.24) is 4.98 Å². The lowest BCUT2D eigenvalue weighted by Crippen LogP contribution is -2.07. The van der Waals surface area contributed by atoms with Gasteiger partial charge in [-0.15, -0.1) is 0 Å². The highest BCUT2D eigenvalue weighted by Crippen LogP contribution is 2.31. The Balaban J connectivity index is 2.05. The molecule has 3 nitrogen and oxygen atoms in total. The molecule has 0 amide bonds. The number of nitrogens with zero attached hydrogens (tertiary/aromatic N) is 2. The maximum absolute atomic E-state index is 5.94. The Morgan fingerprint density at radius 2 is 2.11 bits per heavy atom. The van der Waals surface area contributed by atoms with Crippen LogP contribution in [-0.2, 0) is 0 Å². The van der Waals surface area contributed by atoms with Gasteiger partial charge in [-0.25, -0.2) is 4.98 Å². The normalized spacial score (nSPS) is 14.1. The molecule has 0 saturated heterocycles. The Morgan fingerprint density at radius 1 is 1.21 bits per heavy atom. The molecule has 19 heavy (non-hydrogen) atoms. The Bertz CT molecular complexity index is 655. The molecule has 1 aromatic carbocycles. The van der Waals surface area contributed by atoms with Crippen molar-refractivity contribution in [2.75, 3.05) is 11.9 Å². The summed E-state index contributed by atoms with van der Waals surface area (Å²) in [6, 6.07) is 9.83. The lowest BCUT2D eigenvalue weighted by molar-refractivity contribution is 1.12. The zero-order valence-corrected chi connectivity index (χ0v) is 12.4. The van der Waals surface area contributed by atoms with Gasteiger partial charge in [-0.3, -0.25) is 4.99 Å². The summed E-state index contributed by atoms with van der Waals surface area (Å²) in [5.41, 5.74) is 4.05. The van der Waals surface area contributed by atoms with Crippen molar-refractivity contribution in [1.29, 1.82) is 0 Å². The van der Waals surface area contributed by atoms with E-state index in [0.29, 0.717) is 5.15 Å². The third kappa shape index (κ3) is 2.80. The summed E-state index contributed by atoms with van der Waals surface area (Å²) in [6.07, 6.45) is 2.56. The number of fused-ring (bicyclic) bond motifs is 1. The molecule has 1 aliphatic heterocycles. The Morgan fingerprint density at radius 3 is 2.95 bits per heavy atom. The number of benzene rings is 1. The molecule has 0 saturated carbocycles. The Kier molecular flexibility index (Phi) is 3.53. The van der Waals surface area contributed by atoms with Gasteiger partial charge in [0.25, 0.3) is 0 Å². The average Bonchev–Trinajstić information content (AvgIpc) is 2.60. The summed E-state index contributed by atoms with van der Waals surface area (Å²) in [7, 11) is 0. The van der Waals surface area contributed by atoms with Crippen LogP contribution in [0.5, 0.6) is 0 Å². The Hall–Kier alpha value is -1.39. The van der Waals surface area contributed by atoms with E-state index in [-0.39, 0.29) is 0 Å². The number of hydrogen-bond donors (Lipinski definition) is 1. The Labute approximate surface area is 124 Å². The monoisotopic (exact) mass is 335 g/mol. The maximum Gasteiger partial charge on any atom is 0.129 e. The second kappa shape index (κ2) is 5.31. The summed E-state index contributed by atoms with van der Waals surface area (Å²) >= 11 is 9.41. The molecular formula is C14H11BrClN3. The second-order valence-corrected chi connectivity index (χ2v) is 5.57. The zero-order valence-electron chi connectivity index (χ0n) is 10.0. The molecule has 2 heterocycles. The minimum atomic E-state index is 0.494. The van der Waals surface area contributed by atoms with E-state index in [1.807, 2.05) is 30.3 Å². The fraction of sp³-hybridized carbons (Fsp3) is 0.143. The van der Waals surface area contributed by atoms with Crippen LogP contribution in [0.4, 0.5) is 11.4 Å². The molecule has 5 heteroatoms. The van der Waals surface area contributed by atoms with Gasteiger partial charge in [0.2, 0.25) is 0 Å². The van der Waals surface area contributed by atoms with E-state index < -0.39 is 0 Å².